The highest BCUT2D eigenvalue weighted by molar-refractivity contribution is 5.67. The van der Waals surface area contributed by atoms with E-state index >= 15 is 0 Å². The zero-order chi connectivity index (χ0) is 19.1. The van der Waals surface area contributed by atoms with E-state index in [2.05, 4.69) is 0 Å². The lowest BCUT2D eigenvalue weighted by molar-refractivity contribution is -0.172. The van der Waals surface area contributed by atoms with E-state index in [1.165, 1.54) is 20.8 Å². The third kappa shape index (κ3) is 5.84. The van der Waals surface area contributed by atoms with E-state index in [-0.39, 0.29) is 12.5 Å². The van der Waals surface area contributed by atoms with Crippen LogP contribution in [0.25, 0.3) is 0 Å². The second-order valence-electron chi connectivity index (χ2n) is 6.28. The molecular weight excluding hydrogens is 340 g/mol. The lowest BCUT2D eigenvalue weighted by Gasteiger charge is -2.26. The fraction of sp³-hybridized carbons (Fsp3) is 0.526. The maximum Gasteiger partial charge on any atom is 0.303 e. The van der Waals surface area contributed by atoms with Crippen LogP contribution in [0.4, 0.5) is 0 Å². The summed E-state index contributed by atoms with van der Waals surface area (Å²) in [7, 11) is 0. The van der Waals surface area contributed by atoms with E-state index in [0.29, 0.717) is 13.0 Å². The number of hydrogen-bond acceptors (Lipinski definition) is 7. The summed E-state index contributed by atoms with van der Waals surface area (Å²) >= 11 is 0. The minimum Gasteiger partial charge on any atom is -0.465 e. The molecule has 0 aliphatic heterocycles. The molecule has 0 aromatic heterocycles. The van der Waals surface area contributed by atoms with Crippen molar-refractivity contribution in [2.75, 3.05) is 6.61 Å². The van der Waals surface area contributed by atoms with Gasteiger partial charge in [-0.15, -0.1) is 0 Å². The van der Waals surface area contributed by atoms with Crippen LogP contribution >= 0.6 is 0 Å². The monoisotopic (exact) mass is 364 g/mol. The summed E-state index contributed by atoms with van der Waals surface area (Å²) in [6, 6.07) is 9.53. The van der Waals surface area contributed by atoms with Gasteiger partial charge in [0.15, 0.2) is 6.10 Å². The highest BCUT2D eigenvalue weighted by Crippen LogP contribution is 2.34. The SMILES string of the molecule is CC(=O)OC[C@H]1C[C@@H](OC(C)=O)[C@H](OC(C)=O)[C@H]1OCc1ccccc1. The van der Waals surface area contributed by atoms with Crippen molar-refractivity contribution in [2.45, 2.75) is 52.1 Å². The van der Waals surface area contributed by atoms with Gasteiger partial charge in [0.2, 0.25) is 0 Å². The molecule has 1 aromatic carbocycles. The summed E-state index contributed by atoms with van der Waals surface area (Å²) in [5.74, 6) is -1.63. The maximum atomic E-state index is 11.5. The van der Waals surface area contributed by atoms with Crippen LogP contribution in [-0.2, 0) is 39.9 Å². The van der Waals surface area contributed by atoms with Gasteiger partial charge in [-0.2, -0.15) is 0 Å². The predicted octanol–water partition coefficient (Wildman–Crippen LogP) is 2.02. The van der Waals surface area contributed by atoms with Crippen LogP contribution in [0.2, 0.25) is 0 Å². The molecule has 0 heterocycles. The quantitative estimate of drug-likeness (QED) is 0.540. The maximum absolute atomic E-state index is 11.5. The molecule has 7 nitrogen and oxygen atoms in total. The minimum absolute atomic E-state index is 0.102. The Labute approximate surface area is 152 Å². The Bertz CT molecular complexity index is 628. The summed E-state index contributed by atoms with van der Waals surface area (Å²) in [5, 5.41) is 0. The average molecular weight is 364 g/mol. The third-order valence-electron chi connectivity index (χ3n) is 4.10. The molecule has 0 N–H and O–H groups in total. The van der Waals surface area contributed by atoms with Crippen LogP contribution in [-0.4, -0.2) is 42.8 Å². The Kier molecular flexibility index (Phi) is 7.15. The van der Waals surface area contributed by atoms with E-state index in [0.717, 1.165) is 5.56 Å². The molecule has 0 bridgehead atoms. The Balaban J connectivity index is 2.15. The Morgan fingerprint density at radius 3 is 2.15 bits per heavy atom. The van der Waals surface area contributed by atoms with Gasteiger partial charge in [-0.3, -0.25) is 14.4 Å². The molecule has 0 spiro atoms. The standard InChI is InChI=1S/C19H24O7/c1-12(20)23-11-16-9-17(25-13(2)21)19(26-14(3)22)18(16)24-10-15-7-5-4-6-8-15/h4-8,16-19H,9-11H2,1-3H3/t16-,17-,18+,19+/m1/s1. The van der Waals surface area contributed by atoms with E-state index in [1.54, 1.807) is 0 Å². The first-order valence-corrected chi connectivity index (χ1v) is 8.50. The molecule has 26 heavy (non-hydrogen) atoms. The molecule has 142 valence electrons. The summed E-state index contributed by atoms with van der Waals surface area (Å²) in [5.41, 5.74) is 0.955. The fourth-order valence-electron chi connectivity index (χ4n) is 3.09. The van der Waals surface area contributed by atoms with Gasteiger partial charge in [-0.05, 0) is 12.0 Å². The molecular formula is C19H24O7. The number of benzene rings is 1. The summed E-state index contributed by atoms with van der Waals surface area (Å²) in [6.45, 7) is 4.31. The van der Waals surface area contributed by atoms with Gasteiger partial charge in [-0.25, -0.2) is 0 Å². The molecule has 0 unspecified atom stereocenters. The second-order valence-corrected chi connectivity index (χ2v) is 6.28. The molecule has 1 aromatic rings. The normalized spacial score (nSPS) is 24.7. The van der Waals surface area contributed by atoms with Crippen LogP contribution in [0.3, 0.4) is 0 Å². The third-order valence-corrected chi connectivity index (χ3v) is 4.10. The van der Waals surface area contributed by atoms with Crippen molar-refractivity contribution in [1.82, 2.24) is 0 Å². The lowest BCUT2D eigenvalue weighted by atomic mass is 10.1. The smallest absolute Gasteiger partial charge is 0.303 e. The Morgan fingerprint density at radius 1 is 0.923 bits per heavy atom. The summed E-state index contributed by atoms with van der Waals surface area (Å²) < 4.78 is 21.8. The molecule has 4 atom stereocenters. The molecule has 0 saturated heterocycles. The number of ether oxygens (including phenoxy) is 4. The lowest BCUT2D eigenvalue weighted by Crippen LogP contribution is -2.39. The van der Waals surface area contributed by atoms with E-state index in [9.17, 15) is 14.4 Å². The van der Waals surface area contributed by atoms with Crippen molar-refractivity contribution >= 4 is 17.9 Å². The van der Waals surface area contributed by atoms with Crippen molar-refractivity contribution in [2.24, 2.45) is 5.92 Å². The van der Waals surface area contributed by atoms with Gasteiger partial charge < -0.3 is 18.9 Å². The van der Waals surface area contributed by atoms with Crippen LogP contribution in [0.15, 0.2) is 30.3 Å². The van der Waals surface area contributed by atoms with Gasteiger partial charge in [-0.1, -0.05) is 30.3 Å². The molecule has 7 heteroatoms. The van der Waals surface area contributed by atoms with Crippen molar-refractivity contribution in [3.63, 3.8) is 0 Å². The number of rotatable bonds is 7. The van der Waals surface area contributed by atoms with Gasteiger partial charge in [0.1, 0.15) is 12.2 Å². The average Bonchev–Trinajstić information content (AvgIpc) is 2.87. The highest BCUT2D eigenvalue weighted by atomic mass is 16.6. The largest absolute Gasteiger partial charge is 0.465 e. The minimum atomic E-state index is -0.749. The van der Waals surface area contributed by atoms with Gasteiger partial charge in [0, 0.05) is 26.7 Å². The van der Waals surface area contributed by atoms with E-state index in [4.69, 9.17) is 18.9 Å². The molecule has 1 aliphatic rings. The van der Waals surface area contributed by atoms with Crippen LogP contribution < -0.4 is 0 Å². The topological polar surface area (TPSA) is 88.1 Å². The Morgan fingerprint density at radius 2 is 1.58 bits per heavy atom. The first-order chi connectivity index (χ1) is 12.4. The number of carbonyl (C=O) groups excluding carboxylic acids is 3. The van der Waals surface area contributed by atoms with E-state index < -0.39 is 36.2 Å². The summed E-state index contributed by atoms with van der Waals surface area (Å²) in [4.78, 5) is 34.1. The summed E-state index contributed by atoms with van der Waals surface area (Å²) in [6.07, 6.45) is -1.56. The van der Waals surface area contributed by atoms with Crippen LogP contribution in [0.5, 0.6) is 0 Å². The number of carbonyl (C=O) groups is 3. The first-order valence-electron chi connectivity index (χ1n) is 8.50. The second kappa shape index (κ2) is 9.33. The zero-order valence-electron chi connectivity index (χ0n) is 15.2. The predicted molar refractivity (Wildman–Crippen MR) is 90.9 cm³/mol. The number of hydrogen-bond donors (Lipinski definition) is 0. The van der Waals surface area contributed by atoms with Crippen molar-refractivity contribution < 1.29 is 33.3 Å². The Hall–Kier alpha value is -2.41. The first kappa shape index (κ1) is 19.9. The zero-order valence-corrected chi connectivity index (χ0v) is 15.2. The van der Waals surface area contributed by atoms with Gasteiger partial charge in [0.25, 0.3) is 0 Å². The van der Waals surface area contributed by atoms with Crippen molar-refractivity contribution in [3.8, 4) is 0 Å². The van der Waals surface area contributed by atoms with Crippen molar-refractivity contribution in [1.29, 1.82) is 0 Å². The fourth-order valence-corrected chi connectivity index (χ4v) is 3.09. The molecule has 1 fully saturated rings. The number of esters is 3. The van der Waals surface area contributed by atoms with Gasteiger partial charge >= 0.3 is 17.9 Å². The molecule has 0 radical (unpaired) electrons. The highest BCUT2D eigenvalue weighted by Gasteiger charge is 2.48. The van der Waals surface area contributed by atoms with E-state index in [1.807, 2.05) is 30.3 Å². The molecule has 2 rings (SSSR count). The molecule has 1 saturated carbocycles. The van der Waals surface area contributed by atoms with Gasteiger partial charge in [0.05, 0.1) is 13.2 Å². The van der Waals surface area contributed by atoms with Crippen LogP contribution in [0, 0.1) is 5.92 Å². The van der Waals surface area contributed by atoms with Crippen LogP contribution in [0.1, 0.15) is 32.8 Å². The molecule has 1 aliphatic carbocycles. The van der Waals surface area contributed by atoms with Crippen molar-refractivity contribution in [3.05, 3.63) is 35.9 Å². The molecule has 0 amide bonds.